The quantitative estimate of drug-likeness (QED) is 0.786. The number of rotatable bonds is 3. The first-order valence-corrected chi connectivity index (χ1v) is 7.47. The monoisotopic (exact) mass is 273 g/mol. The highest BCUT2D eigenvalue weighted by Gasteiger charge is 2.62. The second kappa shape index (κ2) is 4.31. The summed E-state index contributed by atoms with van der Waals surface area (Å²) in [5.74, 6) is 1.44. The SMILES string of the molecule is Cc1cc(C=O)cnc1OC1CC2CCC1(C)C2(C)C. The average Bonchev–Trinajstić information content (AvgIpc) is 2.74. The van der Waals surface area contributed by atoms with Crippen LogP contribution in [-0.4, -0.2) is 17.4 Å². The van der Waals surface area contributed by atoms with E-state index in [9.17, 15) is 4.79 Å². The third-order valence-corrected chi connectivity index (χ3v) is 6.16. The summed E-state index contributed by atoms with van der Waals surface area (Å²) >= 11 is 0. The third kappa shape index (κ3) is 1.72. The lowest BCUT2D eigenvalue weighted by molar-refractivity contribution is 0.0268. The number of pyridine rings is 1. The molecule has 0 saturated heterocycles. The summed E-state index contributed by atoms with van der Waals surface area (Å²) in [5, 5.41) is 0. The lowest BCUT2D eigenvalue weighted by Gasteiger charge is -2.38. The zero-order valence-electron chi connectivity index (χ0n) is 12.8. The molecule has 0 spiro atoms. The van der Waals surface area contributed by atoms with Crippen LogP contribution in [-0.2, 0) is 0 Å². The molecule has 0 N–H and O–H groups in total. The molecular formula is C17H23NO2. The summed E-state index contributed by atoms with van der Waals surface area (Å²) in [6.07, 6.45) is 6.34. The second-order valence-electron chi connectivity index (χ2n) is 7.23. The van der Waals surface area contributed by atoms with Crippen LogP contribution in [0.1, 0.15) is 56.0 Å². The Labute approximate surface area is 120 Å². The van der Waals surface area contributed by atoms with E-state index in [4.69, 9.17) is 4.74 Å². The number of hydrogen-bond donors (Lipinski definition) is 0. The van der Waals surface area contributed by atoms with Crippen LogP contribution in [0.2, 0.25) is 0 Å². The number of carbonyl (C=O) groups excluding carboxylic acids is 1. The van der Waals surface area contributed by atoms with Gasteiger partial charge in [-0.15, -0.1) is 0 Å². The van der Waals surface area contributed by atoms with Crippen molar-refractivity contribution in [2.45, 2.75) is 53.1 Å². The largest absolute Gasteiger partial charge is 0.474 e. The molecule has 0 aromatic carbocycles. The fourth-order valence-corrected chi connectivity index (χ4v) is 4.22. The molecule has 108 valence electrons. The number of aldehydes is 1. The molecule has 20 heavy (non-hydrogen) atoms. The molecule has 2 fully saturated rings. The molecule has 2 aliphatic rings. The summed E-state index contributed by atoms with van der Waals surface area (Å²) < 4.78 is 6.25. The summed E-state index contributed by atoms with van der Waals surface area (Å²) in [5.41, 5.74) is 2.12. The highest BCUT2D eigenvalue weighted by atomic mass is 16.5. The molecule has 1 aromatic heterocycles. The highest BCUT2D eigenvalue weighted by Crippen LogP contribution is 2.66. The van der Waals surface area contributed by atoms with Crippen LogP contribution >= 0.6 is 0 Å². The maximum Gasteiger partial charge on any atom is 0.216 e. The van der Waals surface area contributed by atoms with Crippen LogP contribution in [0.3, 0.4) is 0 Å². The molecule has 3 unspecified atom stereocenters. The van der Waals surface area contributed by atoms with Gasteiger partial charge in [-0.25, -0.2) is 4.98 Å². The summed E-state index contributed by atoms with van der Waals surface area (Å²) in [6, 6.07) is 1.84. The standard InChI is InChI=1S/C17H23NO2/c1-11-7-12(10-19)9-18-15(11)20-14-8-13-5-6-17(14,4)16(13,2)3/h7,9-10,13-14H,5-6,8H2,1-4H3. The first-order valence-electron chi connectivity index (χ1n) is 7.47. The molecule has 0 amide bonds. The van der Waals surface area contributed by atoms with Crippen molar-refractivity contribution in [3.63, 3.8) is 0 Å². The highest BCUT2D eigenvalue weighted by molar-refractivity contribution is 5.74. The van der Waals surface area contributed by atoms with Gasteiger partial charge in [0.15, 0.2) is 6.29 Å². The molecule has 0 radical (unpaired) electrons. The maximum atomic E-state index is 10.8. The number of aromatic nitrogens is 1. The van der Waals surface area contributed by atoms with Gasteiger partial charge in [0.2, 0.25) is 5.88 Å². The van der Waals surface area contributed by atoms with Gasteiger partial charge < -0.3 is 4.74 Å². The molecule has 2 saturated carbocycles. The van der Waals surface area contributed by atoms with Gasteiger partial charge in [0.25, 0.3) is 0 Å². The van der Waals surface area contributed by atoms with Crippen LogP contribution in [0.15, 0.2) is 12.3 Å². The fourth-order valence-electron chi connectivity index (χ4n) is 4.22. The number of ether oxygens (including phenoxy) is 1. The van der Waals surface area contributed by atoms with E-state index in [-0.39, 0.29) is 11.5 Å². The maximum absolute atomic E-state index is 10.8. The van der Waals surface area contributed by atoms with Gasteiger partial charge in [0, 0.05) is 22.7 Å². The Hall–Kier alpha value is -1.38. The molecule has 2 bridgehead atoms. The van der Waals surface area contributed by atoms with Gasteiger partial charge in [-0.2, -0.15) is 0 Å². The first kappa shape index (κ1) is 13.6. The molecular weight excluding hydrogens is 250 g/mol. The Morgan fingerprint density at radius 2 is 2.15 bits per heavy atom. The van der Waals surface area contributed by atoms with Crippen LogP contribution in [0.4, 0.5) is 0 Å². The Balaban J connectivity index is 1.85. The van der Waals surface area contributed by atoms with E-state index in [1.807, 2.05) is 13.0 Å². The van der Waals surface area contributed by atoms with E-state index < -0.39 is 0 Å². The number of hydrogen-bond acceptors (Lipinski definition) is 3. The normalized spacial score (nSPS) is 34.2. The molecule has 3 heteroatoms. The Bertz CT molecular complexity index is 552. The first-order chi connectivity index (χ1) is 9.38. The summed E-state index contributed by atoms with van der Waals surface area (Å²) in [7, 11) is 0. The van der Waals surface area contributed by atoms with Crippen molar-refractivity contribution < 1.29 is 9.53 Å². The van der Waals surface area contributed by atoms with Crippen molar-refractivity contribution in [1.29, 1.82) is 0 Å². The zero-order chi connectivity index (χ0) is 14.5. The van der Waals surface area contributed by atoms with Crippen molar-refractivity contribution in [2.24, 2.45) is 16.7 Å². The molecule has 2 aliphatic carbocycles. The van der Waals surface area contributed by atoms with E-state index in [0.29, 0.717) is 16.9 Å². The molecule has 3 atom stereocenters. The number of fused-ring (bicyclic) bond motifs is 2. The van der Waals surface area contributed by atoms with Crippen molar-refractivity contribution in [3.05, 3.63) is 23.4 Å². The van der Waals surface area contributed by atoms with Gasteiger partial charge >= 0.3 is 0 Å². The minimum absolute atomic E-state index is 0.231. The van der Waals surface area contributed by atoms with Crippen molar-refractivity contribution in [1.82, 2.24) is 4.98 Å². The van der Waals surface area contributed by atoms with Gasteiger partial charge in [-0.05, 0) is 43.6 Å². The van der Waals surface area contributed by atoms with Gasteiger partial charge in [-0.1, -0.05) is 20.8 Å². The second-order valence-corrected chi connectivity index (χ2v) is 7.23. The van der Waals surface area contributed by atoms with Crippen LogP contribution in [0, 0.1) is 23.7 Å². The molecule has 3 nitrogen and oxygen atoms in total. The molecule has 1 heterocycles. The van der Waals surface area contributed by atoms with E-state index >= 15 is 0 Å². The van der Waals surface area contributed by atoms with E-state index in [2.05, 4.69) is 25.8 Å². The summed E-state index contributed by atoms with van der Waals surface area (Å²) in [6.45, 7) is 9.07. The minimum Gasteiger partial charge on any atom is -0.474 e. The molecule has 0 aliphatic heterocycles. The predicted molar refractivity (Wildman–Crippen MR) is 78.0 cm³/mol. The molecule has 3 rings (SSSR count). The minimum atomic E-state index is 0.231. The van der Waals surface area contributed by atoms with Gasteiger partial charge in [0.05, 0.1) is 0 Å². The van der Waals surface area contributed by atoms with Crippen LogP contribution < -0.4 is 4.74 Å². The topological polar surface area (TPSA) is 39.2 Å². The Morgan fingerprint density at radius 3 is 2.65 bits per heavy atom. The lowest BCUT2D eigenvalue weighted by atomic mass is 9.70. The smallest absolute Gasteiger partial charge is 0.216 e. The van der Waals surface area contributed by atoms with Crippen molar-refractivity contribution >= 4 is 6.29 Å². The third-order valence-electron chi connectivity index (χ3n) is 6.16. The van der Waals surface area contributed by atoms with Crippen molar-refractivity contribution in [3.8, 4) is 5.88 Å². The van der Waals surface area contributed by atoms with Gasteiger partial charge in [-0.3, -0.25) is 4.79 Å². The fraction of sp³-hybridized carbons (Fsp3) is 0.647. The van der Waals surface area contributed by atoms with E-state index in [0.717, 1.165) is 24.2 Å². The Kier molecular flexibility index (Phi) is 2.93. The summed E-state index contributed by atoms with van der Waals surface area (Å²) in [4.78, 5) is 15.1. The van der Waals surface area contributed by atoms with E-state index in [1.165, 1.54) is 12.8 Å². The van der Waals surface area contributed by atoms with Crippen LogP contribution in [0.25, 0.3) is 0 Å². The average molecular weight is 273 g/mol. The predicted octanol–water partition coefficient (Wildman–Crippen LogP) is 3.80. The van der Waals surface area contributed by atoms with E-state index in [1.54, 1.807) is 6.20 Å². The molecule has 1 aromatic rings. The number of carbonyl (C=O) groups is 1. The van der Waals surface area contributed by atoms with Crippen LogP contribution in [0.5, 0.6) is 5.88 Å². The number of nitrogens with zero attached hydrogens (tertiary/aromatic N) is 1. The van der Waals surface area contributed by atoms with Crippen molar-refractivity contribution in [2.75, 3.05) is 0 Å². The lowest BCUT2D eigenvalue weighted by Crippen LogP contribution is -2.39. The number of aryl methyl sites for hydroxylation is 1. The zero-order valence-corrected chi connectivity index (χ0v) is 12.8. The van der Waals surface area contributed by atoms with Gasteiger partial charge in [0.1, 0.15) is 6.10 Å². The Morgan fingerprint density at radius 1 is 1.40 bits per heavy atom.